The number of aliphatic carboxylic acids is 1. The highest BCUT2D eigenvalue weighted by Gasteiger charge is 2.28. The fourth-order valence-electron chi connectivity index (χ4n) is 3.44. The number of carboxylic acid groups (broad SMARTS) is 1. The van der Waals surface area contributed by atoms with Crippen molar-refractivity contribution in [1.82, 2.24) is 9.71 Å². The van der Waals surface area contributed by atoms with E-state index in [0.29, 0.717) is 11.4 Å². The van der Waals surface area contributed by atoms with Gasteiger partial charge in [0.25, 0.3) is 0 Å². The Morgan fingerprint density at radius 3 is 2.18 bits per heavy atom. The van der Waals surface area contributed by atoms with Gasteiger partial charge in [0.15, 0.2) is 0 Å². The van der Waals surface area contributed by atoms with Crippen LogP contribution in [0.4, 0.5) is 16.2 Å². The average Bonchev–Trinajstić information content (AvgIpc) is 3.14. The van der Waals surface area contributed by atoms with Crippen LogP contribution in [0.1, 0.15) is 13.8 Å². The predicted molar refractivity (Wildman–Crippen MR) is 133 cm³/mol. The Labute approximate surface area is 199 Å². The molecule has 11 heteroatoms. The maximum atomic E-state index is 12.8. The molecular formula is C23H22N4O5S2. The zero-order valence-corrected chi connectivity index (χ0v) is 19.9. The highest BCUT2D eigenvalue weighted by Crippen LogP contribution is 2.36. The van der Waals surface area contributed by atoms with Gasteiger partial charge in [-0.1, -0.05) is 26.0 Å². The predicted octanol–water partition coefficient (Wildman–Crippen LogP) is 4.48. The number of thiophene rings is 1. The Morgan fingerprint density at radius 2 is 1.53 bits per heavy atom. The third-order valence-corrected chi connectivity index (χ3v) is 7.72. The second-order valence-corrected chi connectivity index (χ2v) is 10.8. The molecule has 9 nitrogen and oxygen atoms in total. The van der Waals surface area contributed by atoms with Gasteiger partial charge in [-0.3, -0.25) is 9.78 Å². The number of sulfonamides is 1. The first-order valence-corrected chi connectivity index (χ1v) is 12.6. The molecule has 0 saturated carbocycles. The van der Waals surface area contributed by atoms with Crippen LogP contribution < -0.4 is 15.4 Å². The van der Waals surface area contributed by atoms with Gasteiger partial charge in [0.2, 0.25) is 10.0 Å². The third-order valence-electron chi connectivity index (χ3n) is 5.17. The summed E-state index contributed by atoms with van der Waals surface area (Å²) >= 11 is 1.38. The zero-order valence-electron chi connectivity index (χ0n) is 18.3. The van der Waals surface area contributed by atoms with Crippen LogP contribution in [0.15, 0.2) is 65.8 Å². The van der Waals surface area contributed by atoms with Gasteiger partial charge in [0.1, 0.15) is 6.04 Å². The van der Waals surface area contributed by atoms with E-state index in [9.17, 15) is 23.1 Å². The number of hydrogen-bond acceptors (Lipinski definition) is 6. The summed E-state index contributed by atoms with van der Waals surface area (Å²) in [6.45, 7) is 3.28. The zero-order chi connectivity index (χ0) is 24.5. The highest BCUT2D eigenvalue weighted by molar-refractivity contribution is 7.89. The van der Waals surface area contributed by atoms with Crippen LogP contribution in [0.3, 0.4) is 0 Å². The number of amides is 2. The normalized spacial score (nSPS) is 12.7. The summed E-state index contributed by atoms with van der Waals surface area (Å²) in [5.41, 5.74) is 1.20. The molecule has 1 atom stereocenters. The number of pyridine rings is 1. The standard InChI is InChI=1S/C23H22N4O5S2/c1-13(2)21(22(28)29)27-34(31,32)16-4-6-18-17-5-3-15(11-19(17)33-20(18)12-16)26-23(30)25-14-7-9-24-10-8-14/h3-13,21,27H,1-2H3,(H,28,29)(H2,24,25,26,30)/t21-/m0/s1. The first kappa shape index (κ1) is 23.6. The smallest absolute Gasteiger partial charge is 0.323 e. The summed E-state index contributed by atoms with van der Waals surface area (Å²) in [7, 11) is -4.03. The highest BCUT2D eigenvalue weighted by atomic mass is 32.2. The number of aromatic nitrogens is 1. The molecule has 2 heterocycles. The molecule has 0 unspecified atom stereocenters. The summed E-state index contributed by atoms with van der Waals surface area (Å²) < 4.78 is 29.5. The minimum Gasteiger partial charge on any atom is -0.480 e. The molecule has 0 bridgehead atoms. The molecule has 4 rings (SSSR count). The summed E-state index contributed by atoms with van der Waals surface area (Å²) in [6.07, 6.45) is 3.15. The lowest BCUT2D eigenvalue weighted by molar-refractivity contribution is -0.140. The number of nitrogens with one attached hydrogen (secondary N) is 3. The molecule has 0 aliphatic rings. The molecular weight excluding hydrogens is 476 g/mol. The van der Waals surface area contributed by atoms with E-state index in [0.717, 1.165) is 20.2 Å². The fourth-order valence-corrected chi connectivity index (χ4v) is 6.06. The molecule has 176 valence electrons. The molecule has 0 spiro atoms. The minimum atomic E-state index is -4.03. The Hall–Kier alpha value is -3.54. The Bertz CT molecular complexity index is 1480. The number of nitrogens with zero attached hydrogens (tertiary/aromatic N) is 1. The van der Waals surface area contributed by atoms with Gasteiger partial charge < -0.3 is 15.7 Å². The van der Waals surface area contributed by atoms with Crippen molar-refractivity contribution in [2.75, 3.05) is 10.6 Å². The number of carbonyl (C=O) groups is 2. The molecule has 34 heavy (non-hydrogen) atoms. The van der Waals surface area contributed by atoms with Crippen LogP contribution in [0.2, 0.25) is 0 Å². The number of benzene rings is 2. The number of carbonyl (C=O) groups excluding carboxylic acids is 1. The van der Waals surface area contributed by atoms with Crippen molar-refractivity contribution in [2.45, 2.75) is 24.8 Å². The van der Waals surface area contributed by atoms with Crippen LogP contribution in [0.25, 0.3) is 20.2 Å². The van der Waals surface area contributed by atoms with Gasteiger partial charge in [-0.2, -0.15) is 4.72 Å². The molecule has 0 aliphatic carbocycles. The van der Waals surface area contributed by atoms with Crippen molar-refractivity contribution in [2.24, 2.45) is 5.92 Å². The second kappa shape index (κ2) is 9.37. The van der Waals surface area contributed by atoms with E-state index in [1.165, 1.54) is 23.5 Å². The lowest BCUT2D eigenvalue weighted by Gasteiger charge is -2.18. The van der Waals surface area contributed by atoms with Crippen LogP contribution in [-0.4, -0.2) is 36.6 Å². The van der Waals surface area contributed by atoms with E-state index in [1.807, 2.05) is 12.1 Å². The summed E-state index contributed by atoms with van der Waals surface area (Å²) in [5.74, 6) is -1.64. The van der Waals surface area contributed by atoms with Gasteiger partial charge in [-0.25, -0.2) is 13.2 Å². The number of fused-ring (bicyclic) bond motifs is 3. The second-order valence-electron chi connectivity index (χ2n) is 7.97. The Balaban J connectivity index is 1.59. The van der Waals surface area contributed by atoms with Crippen molar-refractivity contribution in [3.63, 3.8) is 0 Å². The van der Waals surface area contributed by atoms with E-state index in [1.54, 1.807) is 50.5 Å². The maximum Gasteiger partial charge on any atom is 0.323 e. The van der Waals surface area contributed by atoms with Crippen LogP contribution >= 0.6 is 11.3 Å². The van der Waals surface area contributed by atoms with Gasteiger partial charge in [0.05, 0.1) is 4.90 Å². The topological polar surface area (TPSA) is 137 Å². The SMILES string of the molecule is CC(C)[C@H](NS(=O)(=O)c1ccc2c(c1)sc1cc(NC(=O)Nc3ccncc3)ccc12)C(=O)O. The molecule has 2 aromatic heterocycles. The maximum absolute atomic E-state index is 12.8. The Kier molecular flexibility index (Phi) is 6.51. The van der Waals surface area contributed by atoms with Crippen molar-refractivity contribution in [3.05, 3.63) is 60.9 Å². The van der Waals surface area contributed by atoms with Gasteiger partial charge in [-0.15, -0.1) is 11.3 Å². The number of hydrogen-bond donors (Lipinski definition) is 4. The first-order chi connectivity index (χ1) is 16.1. The molecule has 2 amide bonds. The summed E-state index contributed by atoms with van der Waals surface area (Å²) in [5, 5.41) is 16.6. The quantitative estimate of drug-likeness (QED) is 0.296. The summed E-state index contributed by atoms with van der Waals surface area (Å²) in [6, 6.07) is 11.9. The fraction of sp³-hybridized carbons (Fsp3) is 0.174. The van der Waals surface area contributed by atoms with Crippen molar-refractivity contribution in [1.29, 1.82) is 0 Å². The monoisotopic (exact) mass is 498 g/mol. The van der Waals surface area contributed by atoms with Gasteiger partial charge in [0, 0.05) is 43.9 Å². The van der Waals surface area contributed by atoms with E-state index >= 15 is 0 Å². The number of carboxylic acids is 1. The van der Waals surface area contributed by atoms with E-state index in [2.05, 4.69) is 20.3 Å². The molecule has 0 saturated heterocycles. The molecule has 4 N–H and O–H groups in total. The largest absolute Gasteiger partial charge is 0.480 e. The lowest BCUT2D eigenvalue weighted by Crippen LogP contribution is -2.44. The molecule has 2 aromatic carbocycles. The van der Waals surface area contributed by atoms with Crippen molar-refractivity contribution < 1.29 is 23.1 Å². The molecule has 0 fully saturated rings. The molecule has 4 aromatic rings. The Morgan fingerprint density at radius 1 is 0.912 bits per heavy atom. The van der Waals surface area contributed by atoms with Gasteiger partial charge in [-0.05, 0) is 42.3 Å². The van der Waals surface area contributed by atoms with E-state index < -0.39 is 34.0 Å². The molecule has 0 aliphatic heterocycles. The third kappa shape index (κ3) is 5.01. The van der Waals surface area contributed by atoms with E-state index in [4.69, 9.17) is 0 Å². The summed E-state index contributed by atoms with van der Waals surface area (Å²) in [4.78, 5) is 27.6. The van der Waals surface area contributed by atoms with Crippen LogP contribution in [-0.2, 0) is 14.8 Å². The average molecular weight is 499 g/mol. The van der Waals surface area contributed by atoms with Crippen molar-refractivity contribution in [3.8, 4) is 0 Å². The van der Waals surface area contributed by atoms with Gasteiger partial charge >= 0.3 is 12.0 Å². The molecule has 0 radical (unpaired) electrons. The number of anilines is 2. The first-order valence-electron chi connectivity index (χ1n) is 10.3. The minimum absolute atomic E-state index is 0.00599. The lowest BCUT2D eigenvalue weighted by atomic mass is 10.1. The van der Waals surface area contributed by atoms with Crippen LogP contribution in [0.5, 0.6) is 0 Å². The van der Waals surface area contributed by atoms with Crippen LogP contribution in [0, 0.1) is 5.92 Å². The number of rotatable bonds is 7. The number of urea groups is 1. The van der Waals surface area contributed by atoms with Crippen molar-refractivity contribution >= 4 is 64.9 Å². The van der Waals surface area contributed by atoms with E-state index in [-0.39, 0.29) is 4.90 Å².